The number of halogens is 1. The fraction of sp³-hybridized carbons (Fsp3) is 0.696. The second-order valence-corrected chi connectivity index (χ2v) is 8.44. The van der Waals surface area contributed by atoms with E-state index in [9.17, 15) is 0 Å². The van der Waals surface area contributed by atoms with Crippen molar-refractivity contribution in [2.45, 2.75) is 13.8 Å². The highest BCUT2D eigenvalue weighted by atomic mass is 127. The van der Waals surface area contributed by atoms with Crippen molar-refractivity contribution < 1.29 is 4.74 Å². The molecule has 0 bridgehead atoms. The Morgan fingerprint density at radius 2 is 1.74 bits per heavy atom. The molecule has 2 fully saturated rings. The number of methoxy groups -OCH3 is 1. The lowest BCUT2D eigenvalue weighted by molar-refractivity contribution is 0.124. The summed E-state index contributed by atoms with van der Waals surface area (Å²) in [6.07, 6.45) is 0. The van der Waals surface area contributed by atoms with Gasteiger partial charge in [-0.3, -0.25) is 4.99 Å². The highest BCUT2D eigenvalue weighted by Gasteiger charge is 2.21. The number of guanidine groups is 1. The Kier molecular flexibility index (Phi) is 11.2. The molecule has 1 atom stereocenters. The van der Waals surface area contributed by atoms with E-state index in [1.165, 1.54) is 38.4 Å². The second kappa shape index (κ2) is 13.3. The van der Waals surface area contributed by atoms with Crippen molar-refractivity contribution in [2.24, 2.45) is 10.9 Å². The average molecular weight is 545 g/mol. The van der Waals surface area contributed by atoms with Gasteiger partial charge in [-0.1, -0.05) is 19.9 Å². The number of hydrogen-bond acceptors (Lipinski definition) is 5. The van der Waals surface area contributed by atoms with Crippen LogP contribution in [0.25, 0.3) is 0 Å². The smallest absolute Gasteiger partial charge is 0.193 e. The van der Waals surface area contributed by atoms with Gasteiger partial charge in [0.05, 0.1) is 7.11 Å². The average Bonchev–Trinajstić information content (AvgIpc) is 2.80. The quantitative estimate of drug-likeness (QED) is 0.323. The molecule has 3 rings (SSSR count). The van der Waals surface area contributed by atoms with Crippen LogP contribution in [0.15, 0.2) is 29.3 Å². The summed E-state index contributed by atoms with van der Waals surface area (Å²) in [5.41, 5.74) is 1.23. The van der Waals surface area contributed by atoms with E-state index in [1.54, 1.807) is 7.11 Å². The number of anilines is 1. The van der Waals surface area contributed by atoms with Gasteiger partial charge in [0, 0.05) is 84.2 Å². The van der Waals surface area contributed by atoms with Crippen molar-refractivity contribution in [2.75, 3.05) is 91.0 Å². The number of aliphatic imine (C=N–C) groups is 1. The summed E-state index contributed by atoms with van der Waals surface area (Å²) in [5.74, 6) is 2.55. The molecule has 31 heavy (non-hydrogen) atoms. The maximum atomic E-state index is 5.37. The minimum absolute atomic E-state index is 0. The number of piperazine rings is 2. The summed E-state index contributed by atoms with van der Waals surface area (Å²) in [7, 11) is 3.62. The first-order valence-electron chi connectivity index (χ1n) is 11.4. The van der Waals surface area contributed by atoms with Gasteiger partial charge >= 0.3 is 0 Å². The van der Waals surface area contributed by atoms with Gasteiger partial charge in [0.2, 0.25) is 0 Å². The molecule has 1 aromatic rings. The number of rotatable bonds is 7. The molecular weight excluding hydrogens is 503 g/mol. The van der Waals surface area contributed by atoms with Crippen LogP contribution in [-0.4, -0.2) is 107 Å². The summed E-state index contributed by atoms with van der Waals surface area (Å²) in [4.78, 5) is 14.5. The van der Waals surface area contributed by atoms with Crippen LogP contribution in [0.5, 0.6) is 5.75 Å². The summed E-state index contributed by atoms with van der Waals surface area (Å²) in [6, 6.07) is 8.33. The molecule has 1 unspecified atom stereocenters. The van der Waals surface area contributed by atoms with Gasteiger partial charge in [-0.05, 0) is 24.6 Å². The molecule has 176 valence electrons. The highest BCUT2D eigenvalue weighted by molar-refractivity contribution is 14.0. The first kappa shape index (κ1) is 26.0. The molecule has 0 saturated carbocycles. The van der Waals surface area contributed by atoms with Crippen molar-refractivity contribution in [1.29, 1.82) is 0 Å². The number of benzene rings is 1. The van der Waals surface area contributed by atoms with Crippen LogP contribution in [0, 0.1) is 5.92 Å². The van der Waals surface area contributed by atoms with Gasteiger partial charge < -0.3 is 29.7 Å². The first-order chi connectivity index (χ1) is 14.6. The molecule has 2 aliphatic rings. The van der Waals surface area contributed by atoms with Crippen molar-refractivity contribution in [3.8, 4) is 5.75 Å². The molecular formula is C23H41IN6O. The lowest BCUT2D eigenvalue weighted by Gasteiger charge is -2.38. The van der Waals surface area contributed by atoms with E-state index in [4.69, 9.17) is 4.74 Å². The SMILES string of the molecule is CCN1CCN(CC(C)CNC(=NC)N2CCN(c3cccc(OC)c3)CC2)CC1.I. The minimum atomic E-state index is 0. The van der Waals surface area contributed by atoms with Crippen molar-refractivity contribution in [1.82, 2.24) is 20.0 Å². The maximum absolute atomic E-state index is 5.37. The van der Waals surface area contributed by atoms with Crippen LogP contribution in [0.3, 0.4) is 0 Å². The third kappa shape index (κ3) is 7.68. The summed E-state index contributed by atoms with van der Waals surface area (Å²) < 4.78 is 5.37. The van der Waals surface area contributed by atoms with Crippen LogP contribution in [-0.2, 0) is 0 Å². The van der Waals surface area contributed by atoms with Crippen LogP contribution in [0.2, 0.25) is 0 Å². The minimum Gasteiger partial charge on any atom is -0.497 e. The van der Waals surface area contributed by atoms with E-state index in [-0.39, 0.29) is 24.0 Å². The van der Waals surface area contributed by atoms with Crippen molar-refractivity contribution in [3.63, 3.8) is 0 Å². The molecule has 0 amide bonds. The summed E-state index contributed by atoms with van der Waals surface area (Å²) >= 11 is 0. The number of nitrogens with one attached hydrogen (secondary N) is 1. The van der Waals surface area contributed by atoms with E-state index in [0.717, 1.165) is 51.0 Å². The normalized spacial score (nSPS) is 19.7. The van der Waals surface area contributed by atoms with Gasteiger partial charge in [-0.25, -0.2) is 0 Å². The summed E-state index contributed by atoms with van der Waals surface area (Å²) in [6.45, 7) is 16.6. The molecule has 0 radical (unpaired) electrons. The van der Waals surface area contributed by atoms with Crippen molar-refractivity contribution >= 4 is 35.6 Å². The fourth-order valence-electron chi connectivity index (χ4n) is 4.37. The molecule has 1 N–H and O–H groups in total. The number of hydrogen-bond donors (Lipinski definition) is 1. The zero-order valence-corrected chi connectivity index (χ0v) is 22.0. The third-order valence-electron chi connectivity index (χ3n) is 6.30. The lowest BCUT2D eigenvalue weighted by Crippen LogP contribution is -2.53. The molecule has 0 aromatic heterocycles. The van der Waals surface area contributed by atoms with Crippen LogP contribution in [0.1, 0.15) is 13.8 Å². The van der Waals surface area contributed by atoms with E-state index >= 15 is 0 Å². The Labute approximate surface area is 205 Å². The molecule has 8 heteroatoms. The Bertz CT molecular complexity index is 672. The Hall–Kier alpha value is -1.26. The second-order valence-electron chi connectivity index (χ2n) is 8.44. The van der Waals surface area contributed by atoms with Crippen LogP contribution < -0.4 is 15.0 Å². The molecule has 7 nitrogen and oxygen atoms in total. The molecule has 2 aliphatic heterocycles. The van der Waals surface area contributed by atoms with E-state index in [1.807, 2.05) is 13.1 Å². The Morgan fingerprint density at radius 3 is 2.35 bits per heavy atom. The van der Waals surface area contributed by atoms with E-state index in [2.05, 4.69) is 62.0 Å². The molecule has 1 aromatic carbocycles. The predicted octanol–water partition coefficient (Wildman–Crippen LogP) is 2.28. The largest absolute Gasteiger partial charge is 0.497 e. The van der Waals surface area contributed by atoms with Gasteiger partial charge in [0.15, 0.2) is 5.96 Å². The van der Waals surface area contributed by atoms with E-state index in [0.29, 0.717) is 5.92 Å². The topological polar surface area (TPSA) is 46.6 Å². The molecule has 0 spiro atoms. The fourth-order valence-corrected chi connectivity index (χ4v) is 4.37. The monoisotopic (exact) mass is 544 g/mol. The van der Waals surface area contributed by atoms with E-state index < -0.39 is 0 Å². The Balaban J connectivity index is 0.00000341. The van der Waals surface area contributed by atoms with Gasteiger partial charge in [0.25, 0.3) is 0 Å². The zero-order valence-electron chi connectivity index (χ0n) is 19.7. The number of nitrogens with zero attached hydrogens (tertiary/aromatic N) is 5. The number of likely N-dealkylation sites (N-methyl/N-ethyl adjacent to an activating group) is 1. The highest BCUT2D eigenvalue weighted by Crippen LogP contribution is 2.22. The van der Waals surface area contributed by atoms with Gasteiger partial charge in [-0.2, -0.15) is 0 Å². The predicted molar refractivity (Wildman–Crippen MR) is 141 cm³/mol. The Morgan fingerprint density at radius 1 is 1.06 bits per heavy atom. The maximum Gasteiger partial charge on any atom is 0.193 e. The van der Waals surface area contributed by atoms with Gasteiger partial charge in [-0.15, -0.1) is 24.0 Å². The first-order valence-corrected chi connectivity index (χ1v) is 11.4. The molecule has 0 aliphatic carbocycles. The molecule has 2 heterocycles. The zero-order chi connectivity index (χ0) is 21.3. The number of ether oxygens (including phenoxy) is 1. The van der Waals surface area contributed by atoms with Crippen LogP contribution >= 0.6 is 24.0 Å². The van der Waals surface area contributed by atoms with Crippen molar-refractivity contribution in [3.05, 3.63) is 24.3 Å². The standard InChI is InChI=1S/C23H40N6O.HI/c1-5-26-9-11-27(12-10-26)19-20(2)18-25-23(24-3)29-15-13-28(14-16-29)21-7-6-8-22(17-21)30-4;/h6-8,17,20H,5,9-16,18-19H2,1-4H3,(H,24,25);1H. The summed E-state index contributed by atoms with van der Waals surface area (Å²) in [5, 5.41) is 3.62. The lowest BCUT2D eigenvalue weighted by atomic mass is 10.1. The molecule has 2 saturated heterocycles. The van der Waals surface area contributed by atoms with Gasteiger partial charge in [0.1, 0.15) is 5.75 Å². The van der Waals surface area contributed by atoms with Crippen LogP contribution in [0.4, 0.5) is 5.69 Å². The third-order valence-corrected chi connectivity index (χ3v) is 6.30.